The topological polar surface area (TPSA) is 149 Å². The van der Waals surface area contributed by atoms with Crippen molar-refractivity contribution in [1.29, 1.82) is 0 Å². The van der Waals surface area contributed by atoms with Gasteiger partial charge in [-0.1, -0.05) is 49.4 Å². The number of nitrogens with two attached hydrogens (primary N) is 1. The van der Waals surface area contributed by atoms with Gasteiger partial charge in [0.15, 0.2) is 5.66 Å². The van der Waals surface area contributed by atoms with E-state index in [-0.39, 0.29) is 37.8 Å². The number of hydrogen-bond acceptors (Lipinski definition) is 9. The summed E-state index contributed by atoms with van der Waals surface area (Å²) in [4.78, 5) is 53.9. The fourth-order valence-electron chi connectivity index (χ4n) is 5.40. The molecular formula is C33H46N4O7. The third-order valence-electron chi connectivity index (χ3n) is 8.02. The molecule has 4 N–H and O–H groups in total. The van der Waals surface area contributed by atoms with E-state index in [1.165, 1.54) is 7.11 Å². The summed E-state index contributed by atoms with van der Waals surface area (Å²) in [6.07, 6.45) is 2.72. The molecule has 2 aromatic rings. The number of likely N-dealkylation sites (tertiary alicyclic amines) is 1. The highest BCUT2D eigenvalue weighted by molar-refractivity contribution is 5.90. The van der Waals surface area contributed by atoms with Crippen molar-refractivity contribution in [3.8, 4) is 5.75 Å². The highest BCUT2D eigenvalue weighted by Crippen LogP contribution is 2.32. The van der Waals surface area contributed by atoms with Crippen molar-refractivity contribution in [2.45, 2.75) is 70.0 Å². The minimum absolute atomic E-state index is 0.0582. The van der Waals surface area contributed by atoms with E-state index in [9.17, 15) is 19.2 Å². The van der Waals surface area contributed by atoms with E-state index >= 15 is 0 Å². The fraction of sp³-hybridized carbons (Fsp3) is 0.515. The molecule has 3 atom stereocenters. The average Bonchev–Trinajstić information content (AvgIpc) is 3.05. The molecule has 1 fully saturated rings. The van der Waals surface area contributed by atoms with E-state index in [1.54, 1.807) is 12.0 Å². The molecule has 11 nitrogen and oxygen atoms in total. The molecule has 44 heavy (non-hydrogen) atoms. The van der Waals surface area contributed by atoms with Gasteiger partial charge < -0.3 is 24.4 Å². The fourth-order valence-corrected chi connectivity index (χ4v) is 5.40. The lowest BCUT2D eigenvalue weighted by Crippen LogP contribution is -2.67. The van der Waals surface area contributed by atoms with E-state index < -0.39 is 29.4 Å². The van der Waals surface area contributed by atoms with Gasteiger partial charge in [-0.15, -0.1) is 0 Å². The Balaban J connectivity index is 1.83. The number of nitrogens with zero attached hydrogens (tertiary/aromatic N) is 1. The van der Waals surface area contributed by atoms with Crippen molar-refractivity contribution in [3.63, 3.8) is 0 Å². The highest BCUT2D eigenvalue weighted by Gasteiger charge is 2.47. The summed E-state index contributed by atoms with van der Waals surface area (Å²) in [5, 5.41) is 5.70. The molecule has 1 aliphatic rings. The van der Waals surface area contributed by atoms with Gasteiger partial charge >= 0.3 is 11.9 Å². The van der Waals surface area contributed by atoms with Crippen molar-refractivity contribution in [3.05, 3.63) is 65.7 Å². The molecule has 0 aliphatic carbocycles. The highest BCUT2D eigenvalue weighted by atomic mass is 16.5. The van der Waals surface area contributed by atoms with Crippen LogP contribution < -0.4 is 21.1 Å². The Morgan fingerprint density at radius 1 is 0.977 bits per heavy atom. The Morgan fingerprint density at radius 2 is 1.70 bits per heavy atom. The minimum atomic E-state index is -2.04. The Bertz CT molecular complexity index is 1240. The predicted molar refractivity (Wildman–Crippen MR) is 165 cm³/mol. The molecule has 0 spiro atoms. The van der Waals surface area contributed by atoms with Gasteiger partial charge in [0.05, 0.1) is 20.6 Å². The number of methoxy groups -OCH3 is 2. The molecule has 3 rings (SSSR count). The largest absolute Gasteiger partial charge is 0.497 e. The lowest BCUT2D eigenvalue weighted by atomic mass is 9.80. The Labute approximate surface area is 259 Å². The van der Waals surface area contributed by atoms with Gasteiger partial charge in [-0.25, -0.2) is 4.79 Å². The smallest absolute Gasteiger partial charge is 0.348 e. The summed E-state index contributed by atoms with van der Waals surface area (Å²) < 4.78 is 15.5. The zero-order valence-corrected chi connectivity index (χ0v) is 26.0. The quantitative estimate of drug-likeness (QED) is 0.148. The van der Waals surface area contributed by atoms with Crippen LogP contribution in [0, 0.1) is 5.92 Å². The van der Waals surface area contributed by atoms with Crippen LogP contribution >= 0.6 is 0 Å². The normalized spacial score (nSPS) is 15.8. The van der Waals surface area contributed by atoms with Crippen molar-refractivity contribution in [1.82, 2.24) is 15.5 Å². The van der Waals surface area contributed by atoms with Crippen LogP contribution in [0.2, 0.25) is 0 Å². The van der Waals surface area contributed by atoms with Crippen molar-refractivity contribution in [2.75, 3.05) is 34.0 Å². The lowest BCUT2D eigenvalue weighted by molar-refractivity contribution is -0.158. The second-order valence-electron chi connectivity index (χ2n) is 11.2. The molecule has 1 aliphatic heterocycles. The van der Waals surface area contributed by atoms with E-state index in [4.69, 9.17) is 15.2 Å². The third-order valence-corrected chi connectivity index (χ3v) is 8.02. The zero-order valence-electron chi connectivity index (χ0n) is 26.0. The molecule has 2 unspecified atom stereocenters. The molecule has 0 bridgehead atoms. The number of rotatable bonds is 16. The van der Waals surface area contributed by atoms with Gasteiger partial charge in [-0.3, -0.25) is 25.4 Å². The number of piperidine rings is 1. The first kappa shape index (κ1) is 34.5. The van der Waals surface area contributed by atoms with Gasteiger partial charge in [-0.05, 0) is 54.9 Å². The first-order valence-corrected chi connectivity index (χ1v) is 15.2. The molecule has 0 saturated carbocycles. The molecule has 0 radical (unpaired) electrons. The van der Waals surface area contributed by atoms with Gasteiger partial charge in [0.1, 0.15) is 12.5 Å². The van der Waals surface area contributed by atoms with Crippen LogP contribution in [-0.2, 0) is 35.2 Å². The Morgan fingerprint density at radius 3 is 2.39 bits per heavy atom. The second kappa shape index (κ2) is 17.4. The van der Waals surface area contributed by atoms with E-state index in [0.29, 0.717) is 31.8 Å². The maximum Gasteiger partial charge on any atom is 0.348 e. The molecule has 11 heteroatoms. The number of ether oxygens (including phenoxy) is 3. The summed E-state index contributed by atoms with van der Waals surface area (Å²) in [5.74, 6) is -2.39. The maximum absolute atomic E-state index is 13.8. The van der Waals surface area contributed by atoms with Crippen LogP contribution in [0.5, 0.6) is 5.75 Å². The minimum Gasteiger partial charge on any atom is -0.497 e. The van der Waals surface area contributed by atoms with Crippen LogP contribution in [0.15, 0.2) is 54.6 Å². The molecule has 240 valence electrons. The second-order valence-corrected chi connectivity index (χ2v) is 11.2. The lowest BCUT2D eigenvalue weighted by Gasteiger charge is -2.38. The number of carbonyl (C=O) groups is 4. The number of carbonyl (C=O) groups excluding carboxylic acids is 4. The molecule has 2 amide bonds. The number of amides is 2. The van der Waals surface area contributed by atoms with Crippen LogP contribution in [-0.4, -0.2) is 68.4 Å². The number of hydrogen-bond donors (Lipinski definition) is 3. The molecule has 1 heterocycles. The van der Waals surface area contributed by atoms with Crippen LogP contribution in [0.25, 0.3) is 0 Å². The van der Waals surface area contributed by atoms with Gasteiger partial charge in [0.25, 0.3) is 0 Å². The Hall–Kier alpha value is -3.96. The summed E-state index contributed by atoms with van der Waals surface area (Å²) in [5.41, 5.74) is 6.70. The van der Waals surface area contributed by atoms with E-state index in [2.05, 4.69) is 15.4 Å². The molecular weight excluding hydrogens is 564 g/mol. The SMILES string of the molecule is COC(=O)CCC(=O)NC(N)(C(=O)OCNCc1cccc(OC)c1)C(CC(=O)N1CCCCC1)C[C@@H](C)c1ccccc1. The summed E-state index contributed by atoms with van der Waals surface area (Å²) in [6.45, 7) is 3.47. The first-order valence-electron chi connectivity index (χ1n) is 15.2. The first-order chi connectivity index (χ1) is 21.2. The number of esters is 2. The maximum atomic E-state index is 13.8. The van der Waals surface area contributed by atoms with Crippen LogP contribution in [0.4, 0.5) is 0 Å². The zero-order chi connectivity index (χ0) is 32.0. The van der Waals surface area contributed by atoms with Gasteiger partial charge in [-0.2, -0.15) is 0 Å². The number of benzene rings is 2. The van der Waals surface area contributed by atoms with Crippen molar-refractivity contribution < 1.29 is 33.4 Å². The monoisotopic (exact) mass is 610 g/mol. The average molecular weight is 611 g/mol. The molecule has 0 aromatic heterocycles. The predicted octanol–water partition coefficient (Wildman–Crippen LogP) is 3.22. The summed E-state index contributed by atoms with van der Waals surface area (Å²) in [6, 6.07) is 17.2. The van der Waals surface area contributed by atoms with E-state index in [1.807, 2.05) is 61.5 Å². The van der Waals surface area contributed by atoms with Gasteiger partial charge in [0, 0.05) is 38.4 Å². The van der Waals surface area contributed by atoms with E-state index in [0.717, 1.165) is 30.4 Å². The van der Waals surface area contributed by atoms with Crippen molar-refractivity contribution in [2.24, 2.45) is 11.7 Å². The summed E-state index contributed by atoms with van der Waals surface area (Å²) in [7, 11) is 2.82. The third kappa shape index (κ3) is 10.3. The molecule has 1 saturated heterocycles. The number of nitrogens with one attached hydrogen (secondary N) is 2. The Kier molecular flexibility index (Phi) is 13.6. The van der Waals surface area contributed by atoms with Gasteiger partial charge in [0.2, 0.25) is 11.8 Å². The standard InChI is InChI=1S/C33H46N4O7/c1-24(26-12-6-4-7-13-26)19-27(21-30(39)37-17-8-5-9-18-37)33(34,36-29(38)15-16-31(40)43-3)32(41)44-23-35-22-25-11-10-14-28(20-25)42-2/h4,6-7,10-14,20,24,27,35H,5,8-9,15-19,21-23,34H2,1-3H3,(H,36,38)/t24-,27?,33?/m1/s1. The van der Waals surface area contributed by atoms with Crippen LogP contribution in [0.3, 0.4) is 0 Å². The molecule has 2 aromatic carbocycles. The summed E-state index contributed by atoms with van der Waals surface area (Å²) >= 11 is 0. The van der Waals surface area contributed by atoms with Crippen molar-refractivity contribution >= 4 is 23.8 Å². The van der Waals surface area contributed by atoms with Crippen LogP contribution in [0.1, 0.15) is 68.9 Å².